The van der Waals surface area contributed by atoms with Crippen LogP contribution in [0.25, 0.3) is 10.2 Å². The lowest BCUT2D eigenvalue weighted by atomic mass is 9.81. The SMILES string of the molecule is Cc1cc2c(c(C(C)(C)C)c1)OP(Sc1nc3ccccc3s1)Oc1c(cc(C)cc1C(C)(C)C)C2. The Morgan fingerprint density at radius 1 is 0.806 bits per heavy atom. The van der Waals surface area contributed by atoms with Crippen LogP contribution < -0.4 is 9.05 Å². The maximum Gasteiger partial charge on any atom is 0.367 e. The first kappa shape index (κ1) is 25.6. The Morgan fingerprint density at radius 2 is 1.33 bits per heavy atom. The third-order valence-electron chi connectivity index (χ3n) is 6.38. The second-order valence-electron chi connectivity index (χ2n) is 11.7. The molecule has 1 aliphatic rings. The summed E-state index contributed by atoms with van der Waals surface area (Å²) in [5.41, 5.74) is 8.35. The zero-order chi connectivity index (χ0) is 25.8. The molecule has 0 bridgehead atoms. The topological polar surface area (TPSA) is 31.4 Å². The number of fused-ring (bicyclic) bond motifs is 3. The van der Waals surface area contributed by atoms with E-state index >= 15 is 0 Å². The Kier molecular flexibility index (Phi) is 6.64. The number of para-hydroxylation sites is 1. The third kappa shape index (κ3) is 5.16. The number of hydrogen-bond acceptors (Lipinski definition) is 5. The number of aromatic nitrogens is 1. The van der Waals surface area contributed by atoms with Crippen molar-refractivity contribution in [3.63, 3.8) is 0 Å². The summed E-state index contributed by atoms with van der Waals surface area (Å²) in [6, 6.07) is 17.4. The highest BCUT2D eigenvalue weighted by Gasteiger charge is 2.33. The van der Waals surface area contributed by atoms with E-state index in [1.165, 1.54) is 38.1 Å². The molecule has 0 fully saturated rings. The molecular weight excluding hydrogens is 501 g/mol. The molecule has 0 saturated carbocycles. The monoisotopic (exact) mass is 535 g/mol. The maximum atomic E-state index is 6.88. The lowest BCUT2D eigenvalue weighted by Crippen LogP contribution is -2.18. The van der Waals surface area contributed by atoms with Crippen molar-refractivity contribution in [2.24, 2.45) is 0 Å². The van der Waals surface area contributed by atoms with Gasteiger partial charge in [-0.1, -0.05) is 89.1 Å². The first-order valence-corrected chi connectivity index (χ1v) is 15.8. The summed E-state index contributed by atoms with van der Waals surface area (Å²) in [6.07, 6.45) is 0.787. The van der Waals surface area contributed by atoms with Gasteiger partial charge >= 0.3 is 7.58 Å². The van der Waals surface area contributed by atoms with Crippen LogP contribution >= 0.6 is 30.3 Å². The van der Waals surface area contributed by atoms with Gasteiger partial charge in [-0.05, 0) is 47.9 Å². The molecule has 4 aromatic rings. The molecule has 0 unspecified atom stereocenters. The molecule has 188 valence electrons. The van der Waals surface area contributed by atoms with Crippen molar-refractivity contribution >= 4 is 40.5 Å². The fourth-order valence-corrected chi connectivity index (χ4v) is 8.94. The van der Waals surface area contributed by atoms with Crippen molar-refractivity contribution in [1.29, 1.82) is 0 Å². The third-order valence-corrected chi connectivity index (χ3v) is 10.6. The smallest absolute Gasteiger partial charge is 0.367 e. The second kappa shape index (κ2) is 9.35. The van der Waals surface area contributed by atoms with Gasteiger partial charge in [0.2, 0.25) is 0 Å². The number of rotatable bonds is 2. The molecule has 0 saturated heterocycles. The maximum absolute atomic E-state index is 6.88. The summed E-state index contributed by atoms with van der Waals surface area (Å²) in [5, 5.41) is 0. The molecule has 0 N–H and O–H groups in total. The first-order chi connectivity index (χ1) is 16.9. The van der Waals surface area contributed by atoms with E-state index in [9.17, 15) is 0 Å². The van der Waals surface area contributed by atoms with Gasteiger partial charge in [0.15, 0.2) is 4.34 Å². The Morgan fingerprint density at radius 3 is 1.83 bits per heavy atom. The normalized spacial score (nSPS) is 14.4. The Bertz CT molecular complexity index is 1340. The van der Waals surface area contributed by atoms with E-state index in [4.69, 9.17) is 14.0 Å². The number of aryl methyl sites for hydroxylation is 2. The molecule has 0 atom stereocenters. The number of benzene rings is 3. The molecule has 6 heteroatoms. The van der Waals surface area contributed by atoms with Crippen LogP contribution in [0.5, 0.6) is 11.5 Å². The van der Waals surface area contributed by atoms with Crippen molar-refractivity contribution in [2.75, 3.05) is 0 Å². The quantitative estimate of drug-likeness (QED) is 0.239. The van der Waals surface area contributed by atoms with E-state index in [1.54, 1.807) is 22.7 Å². The van der Waals surface area contributed by atoms with Crippen molar-refractivity contribution in [3.05, 3.63) is 81.9 Å². The Balaban J connectivity index is 1.69. The second-order valence-corrected chi connectivity index (χ2v) is 15.8. The largest absolute Gasteiger partial charge is 0.430 e. The zero-order valence-corrected chi connectivity index (χ0v) is 24.9. The number of hydrogen-bond donors (Lipinski definition) is 0. The van der Waals surface area contributed by atoms with Crippen LogP contribution in [0.15, 0.2) is 52.9 Å². The molecule has 3 nitrogen and oxygen atoms in total. The van der Waals surface area contributed by atoms with Crippen LogP contribution in [0.2, 0.25) is 0 Å². The van der Waals surface area contributed by atoms with Crippen LogP contribution in [0, 0.1) is 13.8 Å². The highest BCUT2D eigenvalue weighted by molar-refractivity contribution is 8.53. The predicted molar refractivity (Wildman–Crippen MR) is 156 cm³/mol. The summed E-state index contributed by atoms with van der Waals surface area (Å²) in [7, 11) is -1.38. The fraction of sp³-hybridized carbons (Fsp3) is 0.367. The van der Waals surface area contributed by atoms with Crippen molar-refractivity contribution < 1.29 is 9.05 Å². The highest BCUT2D eigenvalue weighted by Crippen LogP contribution is 2.60. The van der Waals surface area contributed by atoms with Gasteiger partial charge in [-0.25, -0.2) is 4.98 Å². The van der Waals surface area contributed by atoms with Crippen molar-refractivity contribution in [1.82, 2.24) is 4.98 Å². The van der Waals surface area contributed by atoms with Gasteiger partial charge in [0.25, 0.3) is 0 Å². The minimum atomic E-state index is -1.38. The lowest BCUT2D eigenvalue weighted by Gasteiger charge is -2.32. The first-order valence-electron chi connectivity index (χ1n) is 12.4. The van der Waals surface area contributed by atoms with Gasteiger partial charge in [0, 0.05) is 28.9 Å². The molecule has 0 radical (unpaired) electrons. The Hall–Kier alpha value is -2.07. The minimum Gasteiger partial charge on any atom is -0.430 e. The lowest BCUT2D eigenvalue weighted by molar-refractivity contribution is 0.462. The van der Waals surface area contributed by atoms with Gasteiger partial charge in [-0.2, -0.15) is 0 Å². The van der Waals surface area contributed by atoms with E-state index in [0.29, 0.717) is 0 Å². The molecule has 0 spiro atoms. The van der Waals surface area contributed by atoms with Crippen LogP contribution in [-0.2, 0) is 17.3 Å². The average Bonchev–Trinajstić information content (AvgIpc) is 3.16. The summed E-state index contributed by atoms with van der Waals surface area (Å²) >= 11 is 3.31. The van der Waals surface area contributed by atoms with E-state index in [1.807, 2.05) is 6.07 Å². The van der Waals surface area contributed by atoms with E-state index in [-0.39, 0.29) is 10.8 Å². The van der Waals surface area contributed by atoms with Crippen molar-refractivity contribution in [2.45, 2.75) is 77.0 Å². The highest BCUT2D eigenvalue weighted by atomic mass is 32.7. The summed E-state index contributed by atoms with van der Waals surface area (Å²) in [6.45, 7) is 17.9. The van der Waals surface area contributed by atoms with E-state index < -0.39 is 7.58 Å². The molecule has 0 amide bonds. The number of nitrogens with zero attached hydrogens (tertiary/aromatic N) is 1. The summed E-state index contributed by atoms with van der Waals surface area (Å²) < 4.78 is 15.9. The Labute approximate surface area is 224 Å². The molecule has 1 aromatic heterocycles. The standard InChI is InChI=1S/C30H34NO2PS2/c1-18-13-20-17-21-14-19(2)16-23(30(6,7)8)27(21)33-34(32-26(20)22(15-18)29(3,4)5)36-28-31-24-11-9-10-12-25(24)35-28/h9-16H,17H2,1-8H3. The molecule has 0 aliphatic carbocycles. The van der Waals surface area contributed by atoms with Crippen molar-refractivity contribution in [3.8, 4) is 11.5 Å². The van der Waals surface area contributed by atoms with Gasteiger partial charge < -0.3 is 9.05 Å². The van der Waals surface area contributed by atoms with Crippen LogP contribution in [-0.4, -0.2) is 4.98 Å². The van der Waals surface area contributed by atoms with Gasteiger partial charge in [-0.3, -0.25) is 0 Å². The predicted octanol–water partition coefficient (Wildman–Crippen LogP) is 9.89. The number of thiazole rings is 1. The molecular formula is C30H34NO2PS2. The zero-order valence-electron chi connectivity index (χ0n) is 22.4. The molecule has 2 heterocycles. The van der Waals surface area contributed by atoms with E-state index in [0.717, 1.165) is 27.8 Å². The van der Waals surface area contributed by atoms with Crippen LogP contribution in [0.4, 0.5) is 0 Å². The van der Waals surface area contributed by atoms with E-state index in [2.05, 4.69) is 97.9 Å². The summed E-state index contributed by atoms with van der Waals surface area (Å²) in [4.78, 5) is 4.88. The van der Waals surface area contributed by atoms with Gasteiger partial charge in [0.1, 0.15) is 11.5 Å². The molecule has 1 aliphatic heterocycles. The summed E-state index contributed by atoms with van der Waals surface area (Å²) in [5.74, 6) is 1.94. The van der Waals surface area contributed by atoms with Gasteiger partial charge in [0.05, 0.1) is 10.2 Å². The van der Waals surface area contributed by atoms with Crippen LogP contribution in [0.1, 0.15) is 74.9 Å². The minimum absolute atomic E-state index is 0.0527. The van der Waals surface area contributed by atoms with Crippen LogP contribution in [0.3, 0.4) is 0 Å². The molecule has 36 heavy (non-hydrogen) atoms. The average molecular weight is 536 g/mol. The molecule has 3 aromatic carbocycles. The fourth-order valence-electron chi connectivity index (χ4n) is 4.65. The van der Waals surface area contributed by atoms with Gasteiger partial charge in [-0.15, -0.1) is 11.3 Å². The molecule has 5 rings (SSSR count).